The standard InChI is InChI=1S/C25H27FN4O2/c1-2-29(25(32)19-10-6-7-11-19)17-24(31)27-23-16-22(18-8-4-3-5-9-18)28-30(23)21-14-12-20(26)13-15-21/h3-5,8-9,12-16,19H,2,6-7,10-11,17H2,1H3,(H,27,31). The van der Waals surface area contributed by atoms with Gasteiger partial charge in [-0.05, 0) is 44.0 Å². The van der Waals surface area contributed by atoms with E-state index in [0.717, 1.165) is 31.2 Å². The molecule has 0 bridgehead atoms. The quantitative estimate of drug-likeness (QED) is 0.588. The molecule has 166 valence electrons. The first-order valence-electron chi connectivity index (χ1n) is 11.0. The molecule has 1 N–H and O–H groups in total. The van der Waals surface area contributed by atoms with Gasteiger partial charge in [0.15, 0.2) is 0 Å². The molecular weight excluding hydrogens is 407 g/mol. The predicted molar refractivity (Wildman–Crippen MR) is 122 cm³/mol. The molecule has 0 spiro atoms. The molecule has 2 aromatic carbocycles. The van der Waals surface area contributed by atoms with E-state index in [0.29, 0.717) is 23.7 Å². The lowest BCUT2D eigenvalue weighted by atomic mass is 10.1. The Hall–Kier alpha value is -3.48. The van der Waals surface area contributed by atoms with Gasteiger partial charge in [-0.15, -0.1) is 0 Å². The van der Waals surface area contributed by atoms with Crippen molar-refractivity contribution in [1.29, 1.82) is 0 Å². The zero-order chi connectivity index (χ0) is 22.5. The number of hydrogen-bond acceptors (Lipinski definition) is 3. The monoisotopic (exact) mass is 434 g/mol. The largest absolute Gasteiger partial charge is 0.333 e. The first-order valence-corrected chi connectivity index (χ1v) is 11.0. The van der Waals surface area contributed by atoms with Gasteiger partial charge in [0.25, 0.3) is 0 Å². The van der Waals surface area contributed by atoms with Crippen LogP contribution in [0.1, 0.15) is 32.6 Å². The molecule has 0 radical (unpaired) electrons. The lowest BCUT2D eigenvalue weighted by Gasteiger charge is -2.23. The molecule has 0 atom stereocenters. The van der Waals surface area contributed by atoms with E-state index in [9.17, 15) is 14.0 Å². The van der Waals surface area contributed by atoms with Crippen molar-refractivity contribution < 1.29 is 14.0 Å². The van der Waals surface area contributed by atoms with Gasteiger partial charge in [-0.25, -0.2) is 9.07 Å². The Balaban J connectivity index is 1.57. The van der Waals surface area contributed by atoms with Gasteiger partial charge in [0, 0.05) is 24.1 Å². The highest BCUT2D eigenvalue weighted by Gasteiger charge is 2.27. The van der Waals surface area contributed by atoms with E-state index in [1.54, 1.807) is 27.8 Å². The fraction of sp³-hybridized carbons (Fsp3) is 0.320. The van der Waals surface area contributed by atoms with Crippen LogP contribution in [0.3, 0.4) is 0 Å². The minimum absolute atomic E-state index is 0.0128. The molecule has 1 saturated carbocycles. The number of amides is 2. The predicted octanol–water partition coefficient (Wildman–Crippen LogP) is 4.66. The fourth-order valence-electron chi connectivity index (χ4n) is 4.13. The van der Waals surface area contributed by atoms with Gasteiger partial charge in [-0.1, -0.05) is 43.2 Å². The number of halogens is 1. The second-order valence-electron chi connectivity index (χ2n) is 8.05. The zero-order valence-electron chi connectivity index (χ0n) is 18.1. The molecule has 3 aromatic rings. The number of nitrogens with one attached hydrogen (secondary N) is 1. The van der Waals surface area contributed by atoms with E-state index in [-0.39, 0.29) is 30.1 Å². The summed E-state index contributed by atoms with van der Waals surface area (Å²) in [4.78, 5) is 27.3. The summed E-state index contributed by atoms with van der Waals surface area (Å²) >= 11 is 0. The molecule has 1 heterocycles. The molecule has 0 saturated heterocycles. The van der Waals surface area contributed by atoms with Crippen LogP contribution in [0.2, 0.25) is 0 Å². The summed E-state index contributed by atoms with van der Waals surface area (Å²) in [5.74, 6) is -0.0981. The summed E-state index contributed by atoms with van der Waals surface area (Å²) in [5.41, 5.74) is 2.20. The topological polar surface area (TPSA) is 67.2 Å². The van der Waals surface area contributed by atoms with Crippen LogP contribution in [0, 0.1) is 11.7 Å². The second kappa shape index (κ2) is 9.77. The van der Waals surface area contributed by atoms with Gasteiger partial charge in [0.1, 0.15) is 11.6 Å². The van der Waals surface area contributed by atoms with Crippen molar-refractivity contribution in [3.05, 3.63) is 66.5 Å². The second-order valence-corrected chi connectivity index (χ2v) is 8.05. The Morgan fingerprint density at radius 3 is 2.44 bits per heavy atom. The van der Waals surface area contributed by atoms with Gasteiger partial charge in [0.05, 0.1) is 17.9 Å². The fourth-order valence-corrected chi connectivity index (χ4v) is 4.13. The maximum absolute atomic E-state index is 13.4. The minimum Gasteiger partial charge on any atom is -0.333 e. The Labute approximate surface area is 187 Å². The highest BCUT2D eigenvalue weighted by atomic mass is 19.1. The van der Waals surface area contributed by atoms with E-state index in [1.165, 1.54) is 12.1 Å². The van der Waals surface area contributed by atoms with Gasteiger partial charge >= 0.3 is 0 Å². The van der Waals surface area contributed by atoms with Gasteiger partial charge in [-0.2, -0.15) is 5.10 Å². The number of benzene rings is 2. The molecule has 0 unspecified atom stereocenters. The van der Waals surface area contributed by atoms with Crippen LogP contribution in [0.15, 0.2) is 60.7 Å². The average Bonchev–Trinajstić information content (AvgIpc) is 3.49. The number of rotatable bonds is 7. The SMILES string of the molecule is CCN(CC(=O)Nc1cc(-c2ccccc2)nn1-c1ccc(F)cc1)C(=O)C1CCCC1. The Bertz CT molecular complexity index is 1070. The summed E-state index contributed by atoms with van der Waals surface area (Å²) in [5, 5.41) is 7.53. The molecule has 4 rings (SSSR count). The third-order valence-corrected chi connectivity index (χ3v) is 5.85. The van der Waals surface area contributed by atoms with Crippen LogP contribution in [-0.4, -0.2) is 39.6 Å². The van der Waals surface area contributed by atoms with Crippen LogP contribution in [0.4, 0.5) is 10.2 Å². The molecule has 7 heteroatoms. The lowest BCUT2D eigenvalue weighted by molar-refractivity contribution is -0.138. The van der Waals surface area contributed by atoms with Crippen molar-refractivity contribution >= 4 is 17.6 Å². The highest BCUT2D eigenvalue weighted by Crippen LogP contribution is 2.27. The molecule has 32 heavy (non-hydrogen) atoms. The van der Waals surface area contributed by atoms with E-state index < -0.39 is 0 Å². The molecule has 0 aliphatic heterocycles. The van der Waals surface area contributed by atoms with Crippen molar-refractivity contribution in [2.24, 2.45) is 5.92 Å². The summed E-state index contributed by atoms with van der Waals surface area (Å²) < 4.78 is 15.0. The normalized spacial score (nSPS) is 13.8. The molecule has 1 aliphatic rings. The maximum Gasteiger partial charge on any atom is 0.245 e. The molecule has 1 fully saturated rings. The van der Waals surface area contributed by atoms with E-state index >= 15 is 0 Å². The van der Waals surface area contributed by atoms with Crippen molar-refractivity contribution in [2.75, 3.05) is 18.4 Å². The number of aromatic nitrogens is 2. The van der Waals surface area contributed by atoms with Crippen LogP contribution in [0.25, 0.3) is 16.9 Å². The summed E-state index contributed by atoms with van der Waals surface area (Å²) in [7, 11) is 0. The molecule has 2 amide bonds. The van der Waals surface area contributed by atoms with Crippen LogP contribution < -0.4 is 5.32 Å². The van der Waals surface area contributed by atoms with Crippen LogP contribution >= 0.6 is 0 Å². The zero-order valence-corrected chi connectivity index (χ0v) is 18.1. The van der Waals surface area contributed by atoms with Gasteiger partial charge in [-0.3, -0.25) is 9.59 Å². The Morgan fingerprint density at radius 2 is 1.78 bits per heavy atom. The van der Waals surface area contributed by atoms with Gasteiger partial charge in [0.2, 0.25) is 11.8 Å². The number of nitrogens with zero attached hydrogens (tertiary/aromatic N) is 3. The van der Waals surface area contributed by atoms with Crippen molar-refractivity contribution in [1.82, 2.24) is 14.7 Å². The number of carbonyl (C=O) groups is 2. The third kappa shape index (κ3) is 4.88. The number of anilines is 1. The average molecular weight is 435 g/mol. The van der Waals surface area contributed by atoms with Gasteiger partial charge < -0.3 is 10.2 Å². The Morgan fingerprint density at radius 1 is 1.09 bits per heavy atom. The first-order chi connectivity index (χ1) is 15.5. The number of likely N-dealkylation sites (N-methyl/N-ethyl adjacent to an activating group) is 1. The lowest BCUT2D eigenvalue weighted by Crippen LogP contribution is -2.40. The highest BCUT2D eigenvalue weighted by molar-refractivity contribution is 5.95. The van der Waals surface area contributed by atoms with Crippen LogP contribution in [-0.2, 0) is 9.59 Å². The summed E-state index contributed by atoms with van der Waals surface area (Å²) in [6.07, 6.45) is 3.93. The van der Waals surface area contributed by atoms with E-state index in [2.05, 4.69) is 10.4 Å². The molecule has 1 aliphatic carbocycles. The van der Waals surface area contributed by atoms with Crippen molar-refractivity contribution in [2.45, 2.75) is 32.6 Å². The number of carbonyl (C=O) groups excluding carboxylic acids is 2. The smallest absolute Gasteiger partial charge is 0.245 e. The van der Waals surface area contributed by atoms with E-state index in [4.69, 9.17) is 0 Å². The maximum atomic E-state index is 13.4. The minimum atomic E-state index is -0.348. The third-order valence-electron chi connectivity index (χ3n) is 5.85. The van der Waals surface area contributed by atoms with E-state index in [1.807, 2.05) is 37.3 Å². The summed E-state index contributed by atoms with van der Waals surface area (Å²) in [6.45, 7) is 2.35. The summed E-state index contributed by atoms with van der Waals surface area (Å²) in [6, 6.07) is 17.3. The number of hydrogen-bond donors (Lipinski definition) is 1. The van der Waals surface area contributed by atoms with Crippen molar-refractivity contribution in [3.63, 3.8) is 0 Å². The van der Waals surface area contributed by atoms with Crippen LogP contribution in [0.5, 0.6) is 0 Å². The Kier molecular flexibility index (Phi) is 6.63. The first kappa shape index (κ1) is 21.7. The molecular formula is C25H27FN4O2. The molecule has 1 aromatic heterocycles. The van der Waals surface area contributed by atoms with Crippen molar-refractivity contribution in [3.8, 4) is 16.9 Å². The molecule has 6 nitrogen and oxygen atoms in total.